The predicted octanol–water partition coefficient (Wildman–Crippen LogP) is 0.245. The Labute approximate surface area is 71.7 Å². The molecule has 1 saturated carbocycles. The molecule has 1 fully saturated rings. The van der Waals surface area contributed by atoms with Crippen LogP contribution in [0.4, 0.5) is 0 Å². The molecule has 0 aromatic rings. The number of nitriles is 1. The van der Waals surface area contributed by atoms with E-state index in [2.05, 4.69) is 5.32 Å². The van der Waals surface area contributed by atoms with E-state index < -0.39 is 0 Å². The minimum absolute atomic E-state index is 0.262. The van der Waals surface area contributed by atoms with Crippen molar-refractivity contribution in [1.29, 1.82) is 5.26 Å². The van der Waals surface area contributed by atoms with Crippen molar-refractivity contribution in [3.63, 3.8) is 0 Å². The molecule has 0 bridgehead atoms. The van der Waals surface area contributed by atoms with Gasteiger partial charge in [0.25, 0.3) is 0 Å². The molecule has 0 radical (unpaired) electrons. The SMILES string of the molecule is N#CNC(=O)CC1(N)CCCC1. The molecule has 0 saturated heterocycles. The standard InChI is InChI=1S/C8H13N3O/c9-6-11-7(12)5-8(10)3-1-2-4-8/h1-5,10H2,(H,11,12). The number of nitrogens with two attached hydrogens (primary N) is 1. The van der Waals surface area contributed by atoms with Crippen molar-refractivity contribution < 1.29 is 4.79 Å². The van der Waals surface area contributed by atoms with Gasteiger partial charge in [-0.2, -0.15) is 5.26 Å². The van der Waals surface area contributed by atoms with E-state index in [1.165, 1.54) is 0 Å². The first-order chi connectivity index (χ1) is 5.66. The van der Waals surface area contributed by atoms with Gasteiger partial charge in [-0.25, -0.2) is 0 Å². The van der Waals surface area contributed by atoms with Crippen molar-refractivity contribution >= 4 is 5.91 Å². The molecule has 0 heterocycles. The topological polar surface area (TPSA) is 78.9 Å². The summed E-state index contributed by atoms with van der Waals surface area (Å²) >= 11 is 0. The van der Waals surface area contributed by atoms with Crippen molar-refractivity contribution in [2.75, 3.05) is 0 Å². The van der Waals surface area contributed by atoms with Crippen molar-refractivity contribution in [2.24, 2.45) is 5.73 Å². The molecule has 0 aromatic heterocycles. The van der Waals surface area contributed by atoms with Crippen LogP contribution in [0.1, 0.15) is 32.1 Å². The molecule has 0 spiro atoms. The fraction of sp³-hybridized carbons (Fsp3) is 0.750. The second-order valence-corrected chi connectivity index (χ2v) is 3.41. The number of nitrogens with one attached hydrogen (secondary N) is 1. The highest BCUT2D eigenvalue weighted by atomic mass is 16.1. The van der Waals surface area contributed by atoms with Gasteiger partial charge in [0, 0.05) is 12.0 Å². The average Bonchev–Trinajstić information content (AvgIpc) is 2.36. The highest BCUT2D eigenvalue weighted by Crippen LogP contribution is 2.29. The Morgan fingerprint density at radius 2 is 2.17 bits per heavy atom. The first kappa shape index (κ1) is 9.01. The van der Waals surface area contributed by atoms with E-state index in [0.717, 1.165) is 25.7 Å². The van der Waals surface area contributed by atoms with Crippen LogP contribution in [0.3, 0.4) is 0 Å². The van der Waals surface area contributed by atoms with Gasteiger partial charge in [-0.3, -0.25) is 10.1 Å². The summed E-state index contributed by atoms with van der Waals surface area (Å²) < 4.78 is 0. The Kier molecular flexibility index (Phi) is 2.66. The zero-order valence-electron chi connectivity index (χ0n) is 6.97. The van der Waals surface area contributed by atoms with Gasteiger partial charge in [-0.15, -0.1) is 0 Å². The van der Waals surface area contributed by atoms with Crippen LogP contribution in [0.5, 0.6) is 0 Å². The Bertz CT molecular complexity index is 213. The lowest BCUT2D eigenvalue weighted by Gasteiger charge is -2.21. The Morgan fingerprint density at radius 3 is 2.67 bits per heavy atom. The first-order valence-electron chi connectivity index (χ1n) is 4.13. The summed E-state index contributed by atoms with van der Waals surface area (Å²) in [5, 5.41) is 10.3. The number of carbonyl (C=O) groups excluding carboxylic acids is 1. The van der Waals surface area contributed by atoms with Crippen LogP contribution in [0.25, 0.3) is 0 Å². The van der Waals surface area contributed by atoms with Gasteiger partial charge >= 0.3 is 0 Å². The quantitative estimate of drug-likeness (QED) is 0.457. The number of carbonyl (C=O) groups is 1. The van der Waals surface area contributed by atoms with Gasteiger partial charge in [0.15, 0.2) is 6.19 Å². The van der Waals surface area contributed by atoms with Crippen LogP contribution in [-0.4, -0.2) is 11.4 Å². The molecular weight excluding hydrogens is 154 g/mol. The smallest absolute Gasteiger partial charge is 0.234 e. The molecule has 4 nitrogen and oxygen atoms in total. The van der Waals surface area contributed by atoms with E-state index in [-0.39, 0.29) is 17.9 Å². The zero-order valence-corrected chi connectivity index (χ0v) is 6.97. The summed E-state index contributed by atoms with van der Waals surface area (Å²) in [7, 11) is 0. The van der Waals surface area contributed by atoms with Gasteiger partial charge in [0.2, 0.25) is 5.91 Å². The number of amides is 1. The third-order valence-electron chi connectivity index (χ3n) is 2.31. The van der Waals surface area contributed by atoms with E-state index in [0.29, 0.717) is 0 Å². The Balaban J connectivity index is 2.39. The molecule has 3 N–H and O–H groups in total. The largest absolute Gasteiger partial charge is 0.325 e. The van der Waals surface area contributed by atoms with Crippen molar-refractivity contribution in [1.82, 2.24) is 5.32 Å². The lowest BCUT2D eigenvalue weighted by Crippen LogP contribution is -2.41. The molecule has 66 valence electrons. The highest BCUT2D eigenvalue weighted by Gasteiger charge is 2.31. The van der Waals surface area contributed by atoms with E-state index in [1.54, 1.807) is 6.19 Å². The van der Waals surface area contributed by atoms with Crippen LogP contribution < -0.4 is 11.1 Å². The third-order valence-corrected chi connectivity index (χ3v) is 2.31. The van der Waals surface area contributed by atoms with E-state index >= 15 is 0 Å². The highest BCUT2D eigenvalue weighted by molar-refractivity contribution is 5.78. The van der Waals surface area contributed by atoms with Crippen molar-refractivity contribution in [3.8, 4) is 6.19 Å². The maximum atomic E-state index is 11.0. The van der Waals surface area contributed by atoms with E-state index in [9.17, 15) is 4.79 Å². The van der Waals surface area contributed by atoms with Crippen LogP contribution in [0, 0.1) is 11.5 Å². The molecule has 0 aromatic carbocycles. The van der Waals surface area contributed by atoms with Gasteiger partial charge in [-0.05, 0) is 12.8 Å². The summed E-state index contributed by atoms with van der Waals surface area (Å²) in [6.45, 7) is 0. The third kappa shape index (κ3) is 2.21. The summed E-state index contributed by atoms with van der Waals surface area (Å²) in [5.41, 5.74) is 5.57. The fourth-order valence-corrected chi connectivity index (χ4v) is 1.68. The van der Waals surface area contributed by atoms with Crippen LogP contribution in [-0.2, 0) is 4.79 Å². The van der Waals surface area contributed by atoms with Gasteiger partial charge < -0.3 is 5.73 Å². The Hall–Kier alpha value is -1.08. The normalized spacial score (nSPS) is 20.0. The molecule has 4 heteroatoms. The molecule has 1 aliphatic carbocycles. The molecular formula is C8H13N3O. The number of hydrogen-bond acceptors (Lipinski definition) is 3. The fourth-order valence-electron chi connectivity index (χ4n) is 1.68. The van der Waals surface area contributed by atoms with Crippen LogP contribution in [0.15, 0.2) is 0 Å². The zero-order chi connectivity index (χ0) is 9.03. The van der Waals surface area contributed by atoms with Gasteiger partial charge in [0.1, 0.15) is 0 Å². The predicted molar refractivity (Wildman–Crippen MR) is 43.8 cm³/mol. The Morgan fingerprint density at radius 1 is 1.58 bits per heavy atom. The lowest BCUT2D eigenvalue weighted by molar-refractivity contribution is -0.121. The van der Waals surface area contributed by atoms with E-state index in [1.807, 2.05) is 0 Å². The van der Waals surface area contributed by atoms with Crippen LogP contribution >= 0.6 is 0 Å². The number of nitrogens with zero attached hydrogens (tertiary/aromatic N) is 1. The van der Waals surface area contributed by atoms with Gasteiger partial charge in [-0.1, -0.05) is 12.8 Å². The summed E-state index contributed by atoms with van der Waals surface area (Å²) in [5.74, 6) is -0.262. The minimum atomic E-state index is -0.346. The molecule has 0 aliphatic heterocycles. The summed E-state index contributed by atoms with van der Waals surface area (Å²) in [6.07, 6.45) is 5.86. The number of hydrogen-bond donors (Lipinski definition) is 2. The van der Waals surface area contributed by atoms with Crippen LogP contribution in [0.2, 0.25) is 0 Å². The number of rotatable bonds is 2. The molecule has 0 atom stereocenters. The second-order valence-electron chi connectivity index (χ2n) is 3.41. The second kappa shape index (κ2) is 3.55. The van der Waals surface area contributed by atoms with E-state index in [4.69, 9.17) is 11.0 Å². The first-order valence-corrected chi connectivity index (χ1v) is 4.13. The summed E-state index contributed by atoms with van der Waals surface area (Å²) in [6, 6.07) is 0. The average molecular weight is 167 g/mol. The molecule has 12 heavy (non-hydrogen) atoms. The molecule has 1 aliphatic rings. The minimum Gasteiger partial charge on any atom is -0.325 e. The van der Waals surface area contributed by atoms with Crippen molar-refractivity contribution in [3.05, 3.63) is 0 Å². The molecule has 1 rings (SSSR count). The lowest BCUT2D eigenvalue weighted by atomic mass is 9.94. The van der Waals surface area contributed by atoms with Crippen molar-refractivity contribution in [2.45, 2.75) is 37.6 Å². The monoisotopic (exact) mass is 167 g/mol. The molecule has 0 unspecified atom stereocenters. The maximum Gasteiger partial charge on any atom is 0.234 e. The summed E-state index contributed by atoms with van der Waals surface area (Å²) in [4.78, 5) is 11.0. The molecule has 1 amide bonds. The van der Waals surface area contributed by atoms with Gasteiger partial charge in [0.05, 0.1) is 0 Å². The maximum absolute atomic E-state index is 11.0.